The van der Waals surface area contributed by atoms with Gasteiger partial charge in [0, 0.05) is 44.7 Å². The fraction of sp³-hybridized carbons (Fsp3) is 0.350. The standard InChI is InChI=1S/C20H24N6O4S/c1-15-24-19(14-30-15)16-2-4-18(5-3-16)31(27,28)23-7-6-21-20-12-17(13-22-25-20)26-8-10-29-11-9-26/h2-5,12-14,23H,6-11H2,1H3,(H,21,25). The van der Waals surface area contributed by atoms with Crippen molar-refractivity contribution in [2.45, 2.75) is 11.8 Å². The van der Waals surface area contributed by atoms with Crippen molar-refractivity contribution in [2.75, 3.05) is 49.6 Å². The molecular formula is C20H24N6O4S. The van der Waals surface area contributed by atoms with Crippen molar-refractivity contribution < 1.29 is 17.6 Å². The highest BCUT2D eigenvalue weighted by molar-refractivity contribution is 7.89. The lowest BCUT2D eigenvalue weighted by Crippen LogP contribution is -2.36. The molecule has 1 fully saturated rings. The van der Waals surface area contributed by atoms with Crippen LogP contribution in [0, 0.1) is 6.92 Å². The molecule has 164 valence electrons. The molecule has 2 aromatic heterocycles. The molecule has 1 aromatic carbocycles. The van der Waals surface area contributed by atoms with Crippen LogP contribution in [0.2, 0.25) is 0 Å². The van der Waals surface area contributed by atoms with E-state index in [4.69, 9.17) is 9.15 Å². The van der Waals surface area contributed by atoms with E-state index in [9.17, 15) is 8.42 Å². The van der Waals surface area contributed by atoms with E-state index in [0.29, 0.717) is 37.2 Å². The highest BCUT2D eigenvalue weighted by atomic mass is 32.2. The van der Waals surface area contributed by atoms with Crippen LogP contribution in [0.15, 0.2) is 52.1 Å². The molecule has 10 nitrogen and oxygen atoms in total. The molecule has 0 bridgehead atoms. The van der Waals surface area contributed by atoms with Gasteiger partial charge >= 0.3 is 0 Å². The van der Waals surface area contributed by atoms with E-state index < -0.39 is 10.0 Å². The van der Waals surface area contributed by atoms with Crippen LogP contribution in [0.5, 0.6) is 0 Å². The number of rotatable bonds is 8. The van der Waals surface area contributed by atoms with Crippen molar-refractivity contribution in [3.8, 4) is 11.3 Å². The second kappa shape index (κ2) is 9.41. The van der Waals surface area contributed by atoms with Crippen LogP contribution in [0.25, 0.3) is 11.3 Å². The van der Waals surface area contributed by atoms with E-state index in [-0.39, 0.29) is 11.4 Å². The highest BCUT2D eigenvalue weighted by Gasteiger charge is 2.15. The summed E-state index contributed by atoms with van der Waals surface area (Å²) in [6.07, 6.45) is 3.25. The molecule has 1 aliphatic heterocycles. The molecule has 0 aliphatic carbocycles. The van der Waals surface area contributed by atoms with Gasteiger partial charge in [0.2, 0.25) is 10.0 Å². The maximum absolute atomic E-state index is 12.5. The molecule has 0 amide bonds. The van der Waals surface area contributed by atoms with E-state index in [1.165, 1.54) is 0 Å². The molecule has 4 rings (SSSR count). The summed E-state index contributed by atoms with van der Waals surface area (Å²) in [6, 6.07) is 8.41. The van der Waals surface area contributed by atoms with Gasteiger partial charge < -0.3 is 19.4 Å². The van der Waals surface area contributed by atoms with Gasteiger partial charge in [-0.25, -0.2) is 18.1 Å². The normalized spacial score (nSPS) is 14.5. The maximum atomic E-state index is 12.5. The van der Waals surface area contributed by atoms with E-state index >= 15 is 0 Å². The van der Waals surface area contributed by atoms with Gasteiger partial charge in [0.05, 0.1) is 30.0 Å². The van der Waals surface area contributed by atoms with E-state index in [0.717, 1.165) is 24.3 Å². The first kappa shape index (κ1) is 21.2. The quantitative estimate of drug-likeness (QED) is 0.499. The number of hydrogen-bond acceptors (Lipinski definition) is 9. The van der Waals surface area contributed by atoms with Crippen molar-refractivity contribution in [3.05, 3.63) is 48.7 Å². The smallest absolute Gasteiger partial charge is 0.240 e. The Morgan fingerprint density at radius 1 is 1.13 bits per heavy atom. The number of sulfonamides is 1. The summed E-state index contributed by atoms with van der Waals surface area (Å²) >= 11 is 0. The largest absolute Gasteiger partial charge is 0.449 e. The molecule has 3 aromatic rings. The molecule has 0 saturated carbocycles. The first-order valence-electron chi connectivity index (χ1n) is 9.93. The topological polar surface area (TPSA) is 122 Å². The number of aryl methyl sites for hydroxylation is 1. The van der Waals surface area contributed by atoms with Gasteiger partial charge in [0.15, 0.2) is 11.7 Å². The Labute approximate surface area is 180 Å². The molecule has 1 aliphatic rings. The number of aromatic nitrogens is 3. The number of benzene rings is 1. The monoisotopic (exact) mass is 444 g/mol. The van der Waals surface area contributed by atoms with Crippen molar-refractivity contribution >= 4 is 21.5 Å². The summed E-state index contributed by atoms with van der Waals surface area (Å²) in [4.78, 5) is 6.60. The third-order valence-electron chi connectivity index (χ3n) is 4.82. The minimum Gasteiger partial charge on any atom is -0.449 e. The zero-order valence-corrected chi connectivity index (χ0v) is 17.9. The Morgan fingerprint density at radius 2 is 1.90 bits per heavy atom. The Hall–Kier alpha value is -3.02. The molecule has 1 saturated heterocycles. The summed E-state index contributed by atoms with van der Waals surface area (Å²) < 4.78 is 38.2. The van der Waals surface area contributed by atoms with Crippen LogP contribution < -0.4 is 14.9 Å². The van der Waals surface area contributed by atoms with Crippen molar-refractivity contribution in [2.24, 2.45) is 0 Å². The maximum Gasteiger partial charge on any atom is 0.240 e. The number of morpholine rings is 1. The Balaban J connectivity index is 1.30. The van der Waals surface area contributed by atoms with Gasteiger partial charge in [-0.15, -0.1) is 5.10 Å². The minimum absolute atomic E-state index is 0.186. The van der Waals surface area contributed by atoms with E-state index in [2.05, 4.69) is 30.1 Å². The molecule has 11 heteroatoms. The molecule has 3 heterocycles. The molecule has 31 heavy (non-hydrogen) atoms. The summed E-state index contributed by atoms with van der Waals surface area (Å²) in [6.45, 7) is 5.32. The summed E-state index contributed by atoms with van der Waals surface area (Å²) in [5.41, 5.74) is 2.42. The average molecular weight is 445 g/mol. The first-order valence-corrected chi connectivity index (χ1v) is 11.4. The van der Waals surface area contributed by atoms with Crippen molar-refractivity contribution in [3.63, 3.8) is 0 Å². The van der Waals surface area contributed by atoms with Crippen molar-refractivity contribution in [1.82, 2.24) is 19.9 Å². The molecular weight excluding hydrogens is 420 g/mol. The molecule has 0 atom stereocenters. The molecule has 2 N–H and O–H groups in total. The SMILES string of the molecule is Cc1nc(-c2ccc(S(=O)(=O)NCCNc3cc(N4CCOCC4)cnn3)cc2)co1. The molecule has 0 spiro atoms. The highest BCUT2D eigenvalue weighted by Crippen LogP contribution is 2.21. The van der Waals surface area contributed by atoms with Crippen LogP contribution in [-0.2, 0) is 14.8 Å². The zero-order valence-electron chi connectivity index (χ0n) is 17.1. The van der Waals surface area contributed by atoms with Crippen LogP contribution in [0.4, 0.5) is 11.5 Å². The number of hydrogen-bond donors (Lipinski definition) is 2. The van der Waals surface area contributed by atoms with Gasteiger partial charge in [-0.05, 0) is 12.1 Å². The Kier molecular flexibility index (Phi) is 6.44. The third-order valence-corrected chi connectivity index (χ3v) is 6.30. The lowest BCUT2D eigenvalue weighted by atomic mass is 10.2. The number of oxazole rings is 1. The van der Waals surface area contributed by atoms with Crippen LogP contribution in [0.3, 0.4) is 0 Å². The van der Waals surface area contributed by atoms with Gasteiger partial charge in [0.1, 0.15) is 12.0 Å². The van der Waals surface area contributed by atoms with Gasteiger partial charge in [0.25, 0.3) is 0 Å². The summed E-state index contributed by atoms with van der Waals surface area (Å²) in [5, 5.41) is 11.2. The lowest BCUT2D eigenvalue weighted by Gasteiger charge is -2.28. The first-order chi connectivity index (χ1) is 15.0. The predicted molar refractivity (Wildman–Crippen MR) is 115 cm³/mol. The second-order valence-corrected chi connectivity index (χ2v) is 8.77. The number of nitrogens with one attached hydrogen (secondary N) is 2. The number of nitrogens with zero attached hydrogens (tertiary/aromatic N) is 4. The minimum atomic E-state index is -3.63. The fourth-order valence-corrected chi connectivity index (χ4v) is 4.23. The van der Waals surface area contributed by atoms with E-state index in [1.807, 2.05) is 6.07 Å². The summed E-state index contributed by atoms with van der Waals surface area (Å²) in [7, 11) is -3.63. The lowest BCUT2D eigenvalue weighted by molar-refractivity contribution is 0.122. The average Bonchev–Trinajstić information content (AvgIpc) is 3.24. The van der Waals surface area contributed by atoms with Crippen LogP contribution in [-0.4, -0.2) is 63.0 Å². The molecule has 0 radical (unpaired) electrons. The van der Waals surface area contributed by atoms with Crippen molar-refractivity contribution in [1.29, 1.82) is 0 Å². The third kappa shape index (κ3) is 5.37. The van der Waals surface area contributed by atoms with Crippen LogP contribution >= 0.6 is 0 Å². The second-order valence-electron chi connectivity index (χ2n) is 7.00. The number of anilines is 2. The zero-order chi connectivity index (χ0) is 21.7. The Morgan fingerprint density at radius 3 is 2.61 bits per heavy atom. The predicted octanol–water partition coefficient (Wildman–Crippen LogP) is 1.67. The van der Waals surface area contributed by atoms with Crippen LogP contribution in [0.1, 0.15) is 5.89 Å². The van der Waals surface area contributed by atoms with Gasteiger partial charge in [-0.3, -0.25) is 0 Å². The summed E-state index contributed by atoms with van der Waals surface area (Å²) in [5.74, 6) is 1.15. The fourth-order valence-electron chi connectivity index (χ4n) is 3.20. The van der Waals surface area contributed by atoms with E-state index in [1.54, 1.807) is 43.6 Å². The van der Waals surface area contributed by atoms with Gasteiger partial charge in [-0.1, -0.05) is 12.1 Å². The Bertz CT molecular complexity index is 1110. The molecule has 0 unspecified atom stereocenters. The van der Waals surface area contributed by atoms with Gasteiger partial charge in [-0.2, -0.15) is 5.10 Å². The number of ether oxygens (including phenoxy) is 1.